The predicted molar refractivity (Wildman–Crippen MR) is 233 cm³/mol. The van der Waals surface area contributed by atoms with Gasteiger partial charge in [0, 0.05) is 28.2 Å². The van der Waals surface area contributed by atoms with Gasteiger partial charge in [0.2, 0.25) is 5.89 Å². The molecule has 3 heteroatoms. The standard InChI is InChI=1S/C53H38N2O/c1-4-10-37(11-5-1)40-20-28-47(29-21-40)55(48-30-22-41(23-31-48)38-12-6-2-7-13-38)49-32-24-42(25-33-49)39-16-18-43(19-17-39)45-26-34-50-46(36-45)27-35-51-52(50)56-53(54-51)44-14-8-3-9-15-44/h1-25,27-33,35-36H,26,34H2. The van der Waals surface area contributed by atoms with Gasteiger partial charge in [-0.2, -0.15) is 0 Å². The van der Waals surface area contributed by atoms with Crippen molar-refractivity contribution in [3.63, 3.8) is 0 Å². The van der Waals surface area contributed by atoms with Crippen LogP contribution in [-0.2, 0) is 6.42 Å². The van der Waals surface area contributed by atoms with Crippen LogP contribution >= 0.6 is 0 Å². The molecule has 1 aromatic heterocycles. The second-order valence-corrected chi connectivity index (χ2v) is 14.3. The average molecular weight is 719 g/mol. The van der Waals surface area contributed by atoms with Gasteiger partial charge < -0.3 is 9.32 Å². The maximum Gasteiger partial charge on any atom is 0.227 e. The molecule has 1 aliphatic carbocycles. The molecule has 0 saturated heterocycles. The van der Waals surface area contributed by atoms with Crippen molar-refractivity contribution in [2.24, 2.45) is 0 Å². The Bertz CT molecular complexity index is 2700. The number of benzene rings is 8. The summed E-state index contributed by atoms with van der Waals surface area (Å²) in [6.07, 6.45) is 4.20. The highest BCUT2D eigenvalue weighted by atomic mass is 16.3. The van der Waals surface area contributed by atoms with Crippen LogP contribution in [0.3, 0.4) is 0 Å². The summed E-state index contributed by atoms with van der Waals surface area (Å²) in [4.78, 5) is 7.12. The van der Waals surface area contributed by atoms with Crippen molar-refractivity contribution in [1.82, 2.24) is 4.98 Å². The van der Waals surface area contributed by atoms with E-state index in [4.69, 9.17) is 9.40 Å². The zero-order valence-corrected chi connectivity index (χ0v) is 30.8. The molecule has 0 amide bonds. The lowest BCUT2D eigenvalue weighted by atomic mass is 9.88. The summed E-state index contributed by atoms with van der Waals surface area (Å²) in [5, 5.41) is 0. The molecule has 0 fully saturated rings. The summed E-state index contributed by atoms with van der Waals surface area (Å²) in [6, 6.07) is 71.1. The topological polar surface area (TPSA) is 29.3 Å². The number of rotatable bonds is 8. The first-order valence-corrected chi connectivity index (χ1v) is 19.2. The number of nitrogens with zero attached hydrogens (tertiary/aromatic N) is 2. The highest BCUT2D eigenvalue weighted by Gasteiger charge is 2.19. The van der Waals surface area contributed by atoms with E-state index >= 15 is 0 Å². The summed E-state index contributed by atoms with van der Waals surface area (Å²) < 4.78 is 6.33. The zero-order valence-electron chi connectivity index (χ0n) is 30.8. The molecule has 0 bridgehead atoms. The fraction of sp³-hybridized carbons (Fsp3) is 0.0377. The lowest BCUT2D eigenvalue weighted by Crippen LogP contribution is -2.09. The fourth-order valence-electron chi connectivity index (χ4n) is 7.90. The van der Waals surface area contributed by atoms with E-state index in [1.807, 2.05) is 30.3 Å². The predicted octanol–water partition coefficient (Wildman–Crippen LogP) is 14.5. The van der Waals surface area contributed by atoms with Gasteiger partial charge in [-0.15, -0.1) is 0 Å². The van der Waals surface area contributed by atoms with Crippen LogP contribution in [0.15, 0.2) is 205 Å². The first-order chi connectivity index (χ1) is 27.7. The lowest BCUT2D eigenvalue weighted by molar-refractivity contribution is 0.614. The van der Waals surface area contributed by atoms with Gasteiger partial charge in [-0.3, -0.25) is 0 Å². The number of oxazole rings is 1. The van der Waals surface area contributed by atoms with E-state index in [9.17, 15) is 0 Å². The van der Waals surface area contributed by atoms with Crippen molar-refractivity contribution < 1.29 is 4.42 Å². The normalized spacial score (nSPS) is 12.2. The number of allylic oxidation sites excluding steroid dienone is 1. The van der Waals surface area contributed by atoms with Crippen LogP contribution < -0.4 is 4.90 Å². The lowest BCUT2D eigenvalue weighted by Gasteiger charge is -2.26. The van der Waals surface area contributed by atoms with E-state index in [2.05, 4.69) is 181 Å². The molecule has 8 aromatic carbocycles. The summed E-state index contributed by atoms with van der Waals surface area (Å²) in [5.74, 6) is 0.676. The smallest absolute Gasteiger partial charge is 0.227 e. The number of hydrogen-bond donors (Lipinski definition) is 0. The van der Waals surface area contributed by atoms with Crippen molar-refractivity contribution in [1.29, 1.82) is 0 Å². The number of hydrogen-bond acceptors (Lipinski definition) is 3. The Hall–Kier alpha value is -7.23. The molecular weight excluding hydrogens is 681 g/mol. The van der Waals surface area contributed by atoms with Gasteiger partial charge in [0.15, 0.2) is 5.58 Å². The summed E-state index contributed by atoms with van der Waals surface area (Å²) >= 11 is 0. The Morgan fingerprint density at radius 1 is 0.375 bits per heavy atom. The summed E-state index contributed by atoms with van der Waals surface area (Å²) in [7, 11) is 0. The molecule has 3 nitrogen and oxygen atoms in total. The molecule has 0 spiro atoms. The van der Waals surface area contributed by atoms with Crippen LogP contribution in [0, 0.1) is 0 Å². The molecule has 0 unspecified atom stereocenters. The van der Waals surface area contributed by atoms with E-state index in [-0.39, 0.29) is 0 Å². The summed E-state index contributed by atoms with van der Waals surface area (Å²) in [6.45, 7) is 0. The first-order valence-electron chi connectivity index (χ1n) is 19.2. The molecule has 56 heavy (non-hydrogen) atoms. The Morgan fingerprint density at radius 2 is 0.786 bits per heavy atom. The maximum atomic E-state index is 6.33. The summed E-state index contributed by atoms with van der Waals surface area (Å²) in [5.41, 5.74) is 18.4. The third-order valence-corrected chi connectivity index (χ3v) is 10.9. The second kappa shape index (κ2) is 14.5. The molecule has 0 radical (unpaired) electrons. The van der Waals surface area contributed by atoms with Crippen LogP contribution in [-0.4, -0.2) is 4.98 Å². The second-order valence-electron chi connectivity index (χ2n) is 14.3. The quantitative estimate of drug-likeness (QED) is 0.157. The molecule has 266 valence electrons. The van der Waals surface area contributed by atoms with Crippen molar-refractivity contribution in [2.75, 3.05) is 4.90 Å². The molecule has 10 rings (SSSR count). The molecule has 1 heterocycles. The highest BCUT2D eigenvalue weighted by Crippen LogP contribution is 2.39. The van der Waals surface area contributed by atoms with Gasteiger partial charge in [-0.05, 0) is 118 Å². The average Bonchev–Trinajstić information content (AvgIpc) is 3.73. The van der Waals surface area contributed by atoms with E-state index in [1.165, 1.54) is 55.6 Å². The van der Waals surface area contributed by atoms with E-state index in [0.29, 0.717) is 5.89 Å². The molecular formula is C53H38N2O. The van der Waals surface area contributed by atoms with Gasteiger partial charge in [-0.1, -0.05) is 152 Å². The minimum atomic E-state index is 0.676. The van der Waals surface area contributed by atoms with E-state index in [1.54, 1.807) is 0 Å². The maximum absolute atomic E-state index is 6.33. The van der Waals surface area contributed by atoms with Gasteiger partial charge in [0.25, 0.3) is 0 Å². The van der Waals surface area contributed by atoms with Crippen molar-refractivity contribution >= 4 is 39.8 Å². The molecule has 9 aromatic rings. The number of anilines is 3. The Labute approximate surface area is 327 Å². The third kappa shape index (κ3) is 6.50. The van der Waals surface area contributed by atoms with Crippen molar-refractivity contribution in [3.8, 4) is 44.8 Å². The van der Waals surface area contributed by atoms with Crippen LogP contribution in [0.2, 0.25) is 0 Å². The minimum Gasteiger partial charge on any atom is -0.436 e. The van der Waals surface area contributed by atoms with Gasteiger partial charge >= 0.3 is 0 Å². The van der Waals surface area contributed by atoms with Crippen molar-refractivity contribution in [3.05, 3.63) is 217 Å². The van der Waals surface area contributed by atoms with E-state index < -0.39 is 0 Å². The monoisotopic (exact) mass is 718 g/mol. The first kappa shape index (κ1) is 33.3. The van der Waals surface area contributed by atoms with Crippen LogP contribution in [0.25, 0.3) is 67.6 Å². The molecule has 0 saturated carbocycles. The largest absolute Gasteiger partial charge is 0.436 e. The number of aryl methyl sites for hydroxylation is 1. The highest BCUT2D eigenvalue weighted by molar-refractivity contribution is 5.91. The Kier molecular flexibility index (Phi) is 8.66. The Balaban J connectivity index is 0.919. The Morgan fingerprint density at radius 3 is 1.27 bits per heavy atom. The van der Waals surface area contributed by atoms with Crippen LogP contribution in [0.4, 0.5) is 17.1 Å². The van der Waals surface area contributed by atoms with Crippen LogP contribution in [0.5, 0.6) is 0 Å². The van der Waals surface area contributed by atoms with E-state index in [0.717, 1.165) is 46.6 Å². The SMILES string of the molecule is C1=C(c2ccc(-c3ccc(N(c4ccc(-c5ccccc5)cc4)c4ccc(-c5ccccc5)cc4)cc3)cc2)CCc2c1ccc1nc(-c3ccccc3)oc21. The van der Waals surface area contributed by atoms with Crippen molar-refractivity contribution in [2.45, 2.75) is 12.8 Å². The number of fused-ring (bicyclic) bond motifs is 3. The molecule has 0 N–H and O–H groups in total. The molecule has 0 atom stereocenters. The molecule has 0 aliphatic heterocycles. The van der Waals surface area contributed by atoms with Gasteiger partial charge in [0.05, 0.1) is 0 Å². The minimum absolute atomic E-state index is 0.676. The molecule has 1 aliphatic rings. The van der Waals surface area contributed by atoms with Gasteiger partial charge in [0.1, 0.15) is 5.52 Å². The zero-order chi connectivity index (χ0) is 37.3. The van der Waals surface area contributed by atoms with Gasteiger partial charge in [-0.25, -0.2) is 4.98 Å². The third-order valence-electron chi connectivity index (χ3n) is 10.9. The number of aromatic nitrogens is 1. The van der Waals surface area contributed by atoms with Crippen LogP contribution in [0.1, 0.15) is 23.1 Å². The fourth-order valence-corrected chi connectivity index (χ4v) is 7.90.